The van der Waals surface area contributed by atoms with Crippen molar-refractivity contribution in [1.29, 1.82) is 0 Å². The molecule has 0 heterocycles. The monoisotopic (exact) mass is 325 g/mol. The van der Waals surface area contributed by atoms with Crippen LogP contribution in [0.3, 0.4) is 0 Å². The van der Waals surface area contributed by atoms with Gasteiger partial charge in [0.05, 0.1) is 0 Å². The highest BCUT2D eigenvalue weighted by molar-refractivity contribution is 6.30. The van der Waals surface area contributed by atoms with E-state index in [1.807, 2.05) is 13.8 Å². The maximum absolute atomic E-state index is 11.6. The van der Waals surface area contributed by atoms with Gasteiger partial charge in [-0.3, -0.25) is 4.79 Å². The number of carbonyl (C=O) groups excluding carboxylic acids is 2. The van der Waals surface area contributed by atoms with Crippen LogP contribution in [-0.2, 0) is 14.3 Å². The van der Waals surface area contributed by atoms with Gasteiger partial charge in [-0.15, -0.1) is 0 Å². The van der Waals surface area contributed by atoms with Crippen molar-refractivity contribution in [2.45, 2.75) is 32.7 Å². The topological polar surface area (TPSA) is 64.6 Å². The maximum atomic E-state index is 11.6. The number of hydrogen-bond donors (Lipinski definition) is 1. The van der Waals surface area contributed by atoms with Crippen LogP contribution in [0.4, 0.5) is 0 Å². The van der Waals surface area contributed by atoms with Gasteiger partial charge in [0.1, 0.15) is 5.75 Å². The van der Waals surface area contributed by atoms with Crippen molar-refractivity contribution in [3.8, 4) is 5.75 Å². The number of nitrogens with one attached hydrogen (secondary N) is 1. The number of halogens is 1. The first-order chi connectivity index (χ1) is 10.5. The van der Waals surface area contributed by atoms with E-state index >= 15 is 0 Å². The quantitative estimate of drug-likeness (QED) is 0.782. The fourth-order valence-electron chi connectivity index (χ4n) is 2.11. The fraction of sp³-hybridized carbons (Fsp3) is 0.500. The number of hydrogen-bond acceptors (Lipinski definition) is 4. The molecule has 6 heteroatoms. The molecule has 1 N–H and O–H groups in total. The van der Waals surface area contributed by atoms with Gasteiger partial charge in [0.2, 0.25) is 0 Å². The predicted octanol–water partition coefficient (Wildman–Crippen LogP) is 2.49. The first kappa shape index (κ1) is 16.6. The number of carbonyl (C=O) groups is 2. The van der Waals surface area contributed by atoms with Crippen molar-refractivity contribution in [1.82, 2.24) is 5.32 Å². The van der Waals surface area contributed by atoms with E-state index in [-0.39, 0.29) is 25.2 Å². The Morgan fingerprint density at radius 1 is 1.36 bits per heavy atom. The zero-order valence-corrected chi connectivity index (χ0v) is 13.5. The largest absolute Gasteiger partial charge is 0.482 e. The highest BCUT2D eigenvalue weighted by atomic mass is 35.5. The smallest absolute Gasteiger partial charge is 0.344 e. The highest BCUT2D eigenvalue weighted by Gasteiger charge is 2.28. The van der Waals surface area contributed by atoms with E-state index in [1.165, 1.54) is 0 Å². The van der Waals surface area contributed by atoms with Crippen molar-refractivity contribution >= 4 is 23.5 Å². The zero-order valence-electron chi connectivity index (χ0n) is 12.7. The third kappa shape index (κ3) is 5.22. The first-order valence-corrected chi connectivity index (χ1v) is 7.67. The van der Waals surface area contributed by atoms with E-state index in [0.717, 1.165) is 18.4 Å². The molecule has 5 nitrogen and oxygen atoms in total. The molecule has 1 amide bonds. The first-order valence-electron chi connectivity index (χ1n) is 7.29. The molecule has 1 atom stereocenters. The van der Waals surface area contributed by atoms with Crippen LogP contribution in [0.15, 0.2) is 18.2 Å². The molecule has 0 aliphatic heterocycles. The Bertz CT molecular complexity index is 557. The van der Waals surface area contributed by atoms with Crippen molar-refractivity contribution in [3.05, 3.63) is 28.8 Å². The molecule has 1 aliphatic rings. The minimum Gasteiger partial charge on any atom is -0.482 e. The molecule has 0 bridgehead atoms. The van der Waals surface area contributed by atoms with Gasteiger partial charge in [-0.1, -0.05) is 11.6 Å². The van der Waals surface area contributed by atoms with Gasteiger partial charge < -0.3 is 14.8 Å². The van der Waals surface area contributed by atoms with Crippen LogP contribution in [0.5, 0.6) is 5.75 Å². The summed E-state index contributed by atoms with van der Waals surface area (Å²) in [6.45, 7) is 3.27. The number of esters is 1. The molecule has 22 heavy (non-hydrogen) atoms. The summed E-state index contributed by atoms with van der Waals surface area (Å²) in [4.78, 5) is 23.2. The molecule has 120 valence electrons. The van der Waals surface area contributed by atoms with Crippen molar-refractivity contribution in [3.63, 3.8) is 0 Å². The number of ether oxygens (including phenoxy) is 2. The summed E-state index contributed by atoms with van der Waals surface area (Å²) in [5.74, 6) is 0.267. The second-order valence-electron chi connectivity index (χ2n) is 5.55. The van der Waals surface area contributed by atoms with Crippen LogP contribution in [0.2, 0.25) is 5.02 Å². The normalized spacial score (nSPS) is 15.0. The van der Waals surface area contributed by atoms with E-state index < -0.39 is 5.97 Å². The summed E-state index contributed by atoms with van der Waals surface area (Å²) < 4.78 is 10.2. The number of amides is 1. The van der Waals surface area contributed by atoms with Crippen LogP contribution in [0, 0.1) is 12.8 Å². The molecule has 0 saturated heterocycles. The lowest BCUT2D eigenvalue weighted by Gasteiger charge is -2.13. The van der Waals surface area contributed by atoms with Crippen molar-refractivity contribution in [2.75, 3.05) is 13.2 Å². The summed E-state index contributed by atoms with van der Waals surface area (Å²) in [5, 5.41) is 3.42. The summed E-state index contributed by atoms with van der Waals surface area (Å²) in [6.07, 6.45) is 2.30. The molecule has 0 aromatic heterocycles. The molecule has 0 unspecified atom stereocenters. The minimum absolute atomic E-state index is 0.138. The van der Waals surface area contributed by atoms with Gasteiger partial charge in [0.15, 0.2) is 13.2 Å². The van der Waals surface area contributed by atoms with Crippen molar-refractivity contribution < 1.29 is 19.1 Å². The van der Waals surface area contributed by atoms with Crippen molar-refractivity contribution in [2.24, 2.45) is 5.92 Å². The second kappa shape index (κ2) is 7.49. The Balaban J connectivity index is 1.67. The van der Waals surface area contributed by atoms with Crippen LogP contribution < -0.4 is 10.1 Å². The number of benzene rings is 1. The molecule has 1 fully saturated rings. The molecule has 1 aliphatic carbocycles. The zero-order chi connectivity index (χ0) is 16.1. The molecule has 1 aromatic rings. The van der Waals surface area contributed by atoms with Crippen LogP contribution in [-0.4, -0.2) is 31.1 Å². The van der Waals surface area contributed by atoms with Crippen LogP contribution in [0.1, 0.15) is 25.3 Å². The van der Waals surface area contributed by atoms with E-state index in [4.69, 9.17) is 21.1 Å². The average Bonchev–Trinajstić information content (AvgIpc) is 3.28. The predicted molar refractivity (Wildman–Crippen MR) is 83.0 cm³/mol. The molecule has 2 rings (SSSR count). The lowest BCUT2D eigenvalue weighted by molar-refractivity contribution is -0.150. The summed E-state index contributed by atoms with van der Waals surface area (Å²) in [6, 6.07) is 5.26. The average molecular weight is 326 g/mol. The summed E-state index contributed by atoms with van der Waals surface area (Å²) in [7, 11) is 0. The third-order valence-electron chi connectivity index (χ3n) is 3.56. The summed E-state index contributed by atoms with van der Waals surface area (Å²) >= 11 is 5.84. The van der Waals surface area contributed by atoms with Gasteiger partial charge in [0, 0.05) is 11.1 Å². The lowest BCUT2D eigenvalue weighted by Crippen LogP contribution is -2.37. The Morgan fingerprint density at radius 2 is 2.09 bits per heavy atom. The Morgan fingerprint density at radius 3 is 2.73 bits per heavy atom. The number of aryl methyl sites for hydroxylation is 1. The molecule has 1 saturated carbocycles. The molecule has 1 aromatic carbocycles. The maximum Gasteiger partial charge on any atom is 0.344 e. The van der Waals surface area contributed by atoms with E-state index in [0.29, 0.717) is 16.7 Å². The summed E-state index contributed by atoms with van der Waals surface area (Å²) in [5.41, 5.74) is 0.830. The van der Waals surface area contributed by atoms with Gasteiger partial charge >= 0.3 is 5.97 Å². The Labute approximate surface area is 134 Å². The van der Waals surface area contributed by atoms with Crippen LogP contribution >= 0.6 is 11.6 Å². The van der Waals surface area contributed by atoms with E-state index in [9.17, 15) is 9.59 Å². The van der Waals surface area contributed by atoms with E-state index in [1.54, 1.807) is 18.2 Å². The molecular weight excluding hydrogens is 306 g/mol. The van der Waals surface area contributed by atoms with Crippen LogP contribution in [0.25, 0.3) is 0 Å². The van der Waals surface area contributed by atoms with Gasteiger partial charge in [-0.05, 0) is 56.4 Å². The highest BCUT2D eigenvalue weighted by Crippen LogP contribution is 2.32. The Hall–Kier alpha value is -1.75. The van der Waals surface area contributed by atoms with Gasteiger partial charge in [0.25, 0.3) is 5.91 Å². The second-order valence-corrected chi connectivity index (χ2v) is 5.99. The lowest BCUT2D eigenvalue weighted by atomic mass is 10.2. The standard InChI is InChI=1S/C16H20ClNO4/c1-10-7-13(17)5-6-14(10)21-9-16(20)22-8-15(19)18-11(2)12-3-4-12/h5-7,11-12H,3-4,8-9H2,1-2H3,(H,18,19)/t11-/m1/s1. The fourth-order valence-corrected chi connectivity index (χ4v) is 2.34. The minimum atomic E-state index is -0.580. The third-order valence-corrected chi connectivity index (χ3v) is 3.80. The SMILES string of the molecule is Cc1cc(Cl)ccc1OCC(=O)OCC(=O)N[C@H](C)C1CC1. The molecule has 0 spiro atoms. The van der Waals surface area contributed by atoms with E-state index in [2.05, 4.69) is 5.32 Å². The molecular formula is C16H20ClNO4. The van der Waals surface area contributed by atoms with Gasteiger partial charge in [-0.25, -0.2) is 4.79 Å². The Kier molecular flexibility index (Phi) is 5.66. The number of rotatable bonds is 7. The van der Waals surface area contributed by atoms with Gasteiger partial charge in [-0.2, -0.15) is 0 Å². The molecule has 0 radical (unpaired) electrons.